The average molecular weight is 325 g/mol. The molecular formula is C15H21ClN4S. The zero-order valence-corrected chi connectivity index (χ0v) is 14.1. The summed E-state index contributed by atoms with van der Waals surface area (Å²) in [5, 5.41) is 3.54. The molecule has 2 aromatic rings. The average Bonchev–Trinajstić information content (AvgIpc) is 3.07. The number of rotatable bonds is 5. The molecule has 1 aliphatic rings. The smallest absolute Gasteiger partial charge is 0.145 e. The van der Waals surface area contributed by atoms with Crippen LogP contribution >= 0.6 is 22.9 Å². The van der Waals surface area contributed by atoms with Crippen LogP contribution in [0.2, 0.25) is 5.15 Å². The molecule has 0 spiro atoms. The van der Waals surface area contributed by atoms with Crippen molar-refractivity contribution in [2.24, 2.45) is 0 Å². The van der Waals surface area contributed by atoms with E-state index in [2.05, 4.69) is 33.7 Å². The van der Waals surface area contributed by atoms with E-state index in [1.807, 2.05) is 11.4 Å². The topological polar surface area (TPSA) is 32.3 Å². The second kappa shape index (κ2) is 6.57. The largest absolute Gasteiger partial charge is 0.299 e. The number of thiophene rings is 1. The Morgan fingerprint density at radius 2 is 2.33 bits per heavy atom. The third kappa shape index (κ3) is 3.37. The number of nitrogens with zero attached hydrogens (tertiary/aromatic N) is 4. The quantitative estimate of drug-likeness (QED) is 0.790. The molecule has 114 valence electrons. The summed E-state index contributed by atoms with van der Waals surface area (Å²) in [6.45, 7) is 6.44. The number of halogens is 1. The van der Waals surface area contributed by atoms with Gasteiger partial charge in [-0.15, -0.1) is 11.3 Å². The molecule has 3 heterocycles. The summed E-state index contributed by atoms with van der Waals surface area (Å²) in [5.41, 5.74) is 0. The molecule has 4 nitrogen and oxygen atoms in total. The molecule has 1 fully saturated rings. The first-order valence-electron chi connectivity index (χ1n) is 7.49. The van der Waals surface area contributed by atoms with Crippen LogP contribution in [0.4, 0.5) is 0 Å². The van der Waals surface area contributed by atoms with Gasteiger partial charge >= 0.3 is 0 Å². The molecule has 0 amide bonds. The van der Waals surface area contributed by atoms with Crippen LogP contribution in [0, 0.1) is 0 Å². The van der Waals surface area contributed by atoms with Crippen molar-refractivity contribution in [1.82, 2.24) is 19.8 Å². The van der Waals surface area contributed by atoms with Crippen molar-refractivity contribution in [1.29, 1.82) is 0 Å². The van der Waals surface area contributed by atoms with E-state index in [4.69, 9.17) is 11.6 Å². The van der Waals surface area contributed by atoms with Crippen molar-refractivity contribution in [3.8, 4) is 0 Å². The Balaban J connectivity index is 1.67. The van der Waals surface area contributed by atoms with Crippen molar-refractivity contribution in [3.05, 3.63) is 22.4 Å². The highest BCUT2D eigenvalue weighted by Crippen LogP contribution is 2.25. The van der Waals surface area contributed by atoms with Gasteiger partial charge < -0.3 is 0 Å². The SMILES string of the molecule is CCN1CCCC1CN(C)Cc1nc(Cl)c2ccsc2n1. The molecule has 21 heavy (non-hydrogen) atoms. The molecule has 0 aliphatic carbocycles. The molecule has 0 radical (unpaired) electrons. The first-order valence-corrected chi connectivity index (χ1v) is 8.75. The summed E-state index contributed by atoms with van der Waals surface area (Å²) in [7, 11) is 2.14. The molecule has 1 unspecified atom stereocenters. The molecule has 1 aliphatic heterocycles. The normalized spacial score (nSPS) is 19.9. The zero-order valence-electron chi connectivity index (χ0n) is 12.5. The van der Waals surface area contributed by atoms with Crippen LogP contribution in [0.25, 0.3) is 10.2 Å². The van der Waals surface area contributed by atoms with Crippen molar-refractivity contribution in [2.45, 2.75) is 32.4 Å². The molecule has 0 aromatic carbocycles. The zero-order chi connectivity index (χ0) is 14.8. The molecule has 0 bridgehead atoms. The lowest BCUT2D eigenvalue weighted by molar-refractivity contribution is 0.192. The highest BCUT2D eigenvalue weighted by molar-refractivity contribution is 7.16. The van der Waals surface area contributed by atoms with E-state index in [9.17, 15) is 0 Å². The minimum Gasteiger partial charge on any atom is -0.299 e. The first kappa shape index (κ1) is 15.2. The molecule has 1 atom stereocenters. The van der Waals surface area contributed by atoms with E-state index in [0.29, 0.717) is 11.2 Å². The van der Waals surface area contributed by atoms with Gasteiger partial charge in [-0.2, -0.15) is 0 Å². The Morgan fingerprint density at radius 1 is 1.48 bits per heavy atom. The van der Waals surface area contributed by atoms with E-state index in [0.717, 1.165) is 35.7 Å². The standard InChI is InChI=1S/C15H21ClN4S/c1-3-20-7-4-5-11(20)9-19(2)10-13-17-14(16)12-6-8-21-15(12)18-13/h6,8,11H,3-5,7,9-10H2,1-2H3. The van der Waals surface area contributed by atoms with E-state index >= 15 is 0 Å². The van der Waals surface area contributed by atoms with E-state index in [1.165, 1.54) is 19.4 Å². The van der Waals surface area contributed by atoms with Crippen LogP contribution in [-0.2, 0) is 6.54 Å². The highest BCUT2D eigenvalue weighted by Gasteiger charge is 2.24. The van der Waals surface area contributed by atoms with Crippen LogP contribution in [0.3, 0.4) is 0 Å². The van der Waals surface area contributed by atoms with Gasteiger partial charge in [0.1, 0.15) is 15.8 Å². The van der Waals surface area contributed by atoms with Gasteiger partial charge in [0.05, 0.1) is 6.54 Å². The Labute approximate surface area is 134 Å². The minimum atomic E-state index is 0.570. The molecule has 3 rings (SSSR count). The Hall–Kier alpha value is -0.750. The lowest BCUT2D eigenvalue weighted by Crippen LogP contribution is -2.38. The van der Waals surface area contributed by atoms with E-state index < -0.39 is 0 Å². The van der Waals surface area contributed by atoms with Crippen molar-refractivity contribution in [2.75, 3.05) is 26.7 Å². The first-order chi connectivity index (χ1) is 10.2. The van der Waals surface area contributed by atoms with Crippen molar-refractivity contribution in [3.63, 3.8) is 0 Å². The van der Waals surface area contributed by atoms with E-state index in [1.54, 1.807) is 11.3 Å². The van der Waals surface area contributed by atoms with Crippen LogP contribution in [0.1, 0.15) is 25.6 Å². The summed E-state index contributed by atoms with van der Waals surface area (Å²) in [4.78, 5) is 14.9. The summed E-state index contributed by atoms with van der Waals surface area (Å²) in [5.74, 6) is 0.818. The lowest BCUT2D eigenvalue weighted by Gasteiger charge is -2.27. The number of hydrogen-bond acceptors (Lipinski definition) is 5. The number of hydrogen-bond donors (Lipinski definition) is 0. The minimum absolute atomic E-state index is 0.570. The Kier molecular flexibility index (Phi) is 4.74. The van der Waals surface area contributed by atoms with Crippen LogP contribution in [-0.4, -0.2) is 52.5 Å². The molecule has 0 saturated carbocycles. The number of fused-ring (bicyclic) bond motifs is 1. The number of likely N-dealkylation sites (tertiary alicyclic amines) is 1. The summed E-state index contributed by atoms with van der Waals surface area (Å²) < 4.78 is 0. The van der Waals surface area contributed by atoms with Gasteiger partial charge in [0.15, 0.2) is 0 Å². The maximum Gasteiger partial charge on any atom is 0.145 e. The third-order valence-corrected chi connectivity index (χ3v) is 5.26. The number of aromatic nitrogens is 2. The lowest BCUT2D eigenvalue weighted by atomic mass is 10.2. The fraction of sp³-hybridized carbons (Fsp3) is 0.600. The summed E-state index contributed by atoms with van der Waals surface area (Å²) in [6, 6.07) is 2.65. The predicted octanol–water partition coefficient (Wildman–Crippen LogP) is 3.26. The van der Waals surface area contributed by atoms with Gasteiger partial charge in [-0.25, -0.2) is 9.97 Å². The number of likely N-dealkylation sites (N-methyl/N-ethyl adjacent to an activating group) is 2. The molecule has 1 saturated heterocycles. The molecule has 0 N–H and O–H groups in total. The molecular weight excluding hydrogens is 304 g/mol. The third-order valence-electron chi connectivity index (χ3n) is 4.16. The summed E-state index contributed by atoms with van der Waals surface area (Å²) >= 11 is 7.85. The molecule has 6 heteroatoms. The Morgan fingerprint density at radius 3 is 3.14 bits per heavy atom. The van der Waals surface area contributed by atoms with Gasteiger partial charge in [-0.1, -0.05) is 18.5 Å². The van der Waals surface area contributed by atoms with Gasteiger partial charge in [0.25, 0.3) is 0 Å². The highest BCUT2D eigenvalue weighted by atomic mass is 35.5. The van der Waals surface area contributed by atoms with Gasteiger partial charge in [-0.3, -0.25) is 9.80 Å². The maximum atomic E-state index is 6.23. The summed E-state index contributed by atoms with van der Waals surface area (Å²) in [6.07, 6.45) is 2.61. The van der Waals surface area contributed by atoms with E-state index in [-0.39, 0.29) is 0 Å². The second-order valence-corrected chi connectivity index (χ2v) is 6.94. The van der Waals surface area contributed by atoms with Crippen molar-refractivity contribution >= 4 is 33.2 Å². The fourth-order valence-electron chi connectivity index (χ4n) is 3.12. The van der Waals surface area contributed by atoms with Crippen LogP contribution < -0.4 is 0 Å². The predicted molar refractivity (Wildman–Crippen MR) is 89.0 cm³/mol. The maximum absolute atomic E-state index is 6.23. The Bertz CT molecular complexity index is 615. The van der Waals surface area contributed by atoms with Crippen LogP contribution in [0.15, 0.2) is 11.4 Å². The second-order valence-electron chi connectivity index (χ2n) is 5.69. The van der Waals surface area contributed by atoms with Gasteiger partial charge in [0.2, 0.25) is 0 Å². The molecule has 2 aromatic heterocycles. The van der Waals surface area contributed by atoms with Crippen molar-refractivity contribution < 1.29 is 0 Å². The van der Waals surface area contributed by atoms with Crippen LogP contribution in [0.5, 0.6) is 0 Å². The van der Waals surface area contributed by atoms with Gasteiger partial charge in [-0.05, 0) is 44.4 Å². The van der Waals surface area contributed by atoms with Gasteiger partial charge in [0, 0.05) is 18.0 Å². The monoisotopic (exact) mass is 324 g/mol. The fourth-order valence-corrected chi connectivity index (χ4v) is 4.20.